The molecule has 0 radical (unpaired) electrons. The van der Waals surface area contributed by atoms with Crippen LogP contribution in [0.15, 0.2) is 96.2 Å². The van der Waals surface area contributed by atoms with E-state index in [2.05, 4.69) is 19.9 Å². The van der Waals surface area contributed by atoms with E-state index in [0.29, 0.717) is 22.7 Å². The Kier molecular flexibility index (Phi) is 5.93. The van der Waals surface area contributed by atoms with E-state index >= 15 is 0 Å². The number of aliphatic imine (C=N–C) groups is 1. The van der Waals surface area contributed by atoms with Crippen molar-refractivity contribution < 1.29 is 5.11 Å². The maximum atomic E-state index is 10.9. The number of hydrogen-bond donors (Lipinski definition) is 2. The number of fused-ring (bicyclic) bond motifs is 1. The number of H-pyrrole nitrogens is 1. The number of nitrogens with zero attached hydrogens (tertiary/aromatic N) is 4. The minimum atomic E-state index is -1.08. The minimum Gasteiger partial charge on any atom is -0.379 e. The highest BCUT2D eigenvalue weighted by atomic mass is 35.5. The molecule has 2 aromatic carbocycles. The molecule has 0 aliphatic heterocycles. The fourth-order valence-electron chi connectivity index (χ4n) is 3.62. The van der Waals surface area contributed by atoms with Gasteiger partial charge in [-0.1, -0.05) is 60.7 Å². The molecule has 0 aliphatic rings. The van der Waals surface area contributed by atoms with Gasteiger partial charge in [0.1, 0.15) is 5.65 Å². The lowest BCUT2D eigenvalue weighted by molar-refractivity contribution is 0.205. The highest BCUT2D eigenvalue weighted by Gasteiger charge is 2.18. The van der Waals surface area contributed by atoms with Crippen LogP contribution in [0.3, 0.4) is 0 Å². The molecule has 0 saturated carbocycles. The lowest BCUT2D eigenvalue weighted by atomic mass is 10.0. The van der Waals surface area contributed by atoms with Crippen molar-refractivity contribution in [3.63, 3.8) is 0 Å². The topological polar surface area (TPSA) is 87.0 Å². The highest BCUT2D eigenvalue weighted by molar-refractivity contribution is 6.17. The molecule has 3 aromatic heterocycles. The van der Waals surface area contributed by atoms with Crippen molar-refractivity contribution in [2.45, 2.75) is 12.0 Å². The number of pyridine rings is 1. The first-order valence-corrected chi connectivity index (χ1v) is 11.0. The lowest BCUT2D eigenvalue weighted by Crippen LogP contribution is -2.09. The van der Waals surface area contributed by atoms with E-state index < -0.39 is 6.10 Å². The summed E-state index contributed by atoms with van der Waals surface area (Å²) in [6.45, 7) is 0. The maximum absolute atomic E-state index is 10.9. The average molecular weight is 454 g/mol. The van der Waals surface area contributed by atoms with E-state index in [-0.39, 0.29) is 11.7 Å². The summed E-state index contributed by atoms with van der Waals surface area (Å²) in [5.41, 5.74) is 5.26. The van der Waals surface area contributed by atoms with Gasteiger partial charge in [0.05, 0.1) is 34.9 Å². The maximum Gasteiger partial charge on any atom is 0.165 e. The Balaban J connectivity index is 1.48. The molecule has 3 heterocycles. The smallest absolute Gasteiger partial charge is 0.165 e. The Labute approximate surface area is 195 Å². The van der Waals surface area contributed by atoms with Gasteiger partial charge in [-0.05, 0) is 18.2 Å². The summed E-state index contributed by atoms with van der Waals surface area (Å²) in [7, 11) is 0. The Bertz CT molecular complexity index is 1360. The van der Waals surface area contributed by atoms with Crippen LogP contribution in [0.25, 0.3) is 11.0 Å². The molecule has 5 aromatic rings. The molecule has 1 unspecified atom stereocenters. The van der Waals surface area contributed by atoms with Gasteiger partial charge in [0.15, 0.2) is 11.9 Å². The SMILES string of the molecule is OC(c1ccc(N=C(c2ccccc2)c2ccccc2)cn1)c1nc(CCl)c2cc[nH]c2n1. The second-order valence-electron chi connectivity index (χ2n) is 7.44. The third kappa shape index (κ3) is 4.39. The van der Waals surface area contributed by atoms with Gasteiger partial charge in [0.25, 0.3) is 0 Å². The summed E-state index contributed by atoms with van der Waals surface area (Å²) in [5.74, 6) is 0.470. The Morgan fingerprint density at radius 1 is 0.909 bits per heavy atom. The van der Waals surface area contributed by atoms with Gasteiger partial charge in [0.2, 0.25) is 0 Å². The van der Waals surface area contributed by atoms with Gasteiger partial charge in [0, 0.05) is 22.7 Å². The number of aromatic amines is 1. The molecule has 0 bridgehead atoms. The number of benzene rings is 2. The number of alkyl halides is 1. The highest BCUT2D eigenvalue weighted by Crippen LogP contribution is 2.24. The number of rotatable bonds is 6. The first-order chi connectivity index (χ1) is 16.2. The van der Waals surface area contributed by atoms with Gasteiger partial charge in [-0.3, -0.25) is 4.98 Å². The summed E-state index contributed by atoms with van der Waals surface area (Å²) in [5, 5.41) is 11.7. The van der Waals surface area contributed by atoms with Crippen LogP contribution < -0.4 is 0 Å². The van der Waals surface area contributed by atoms with Gasteiger partial charge in [-0.2, -0.15) is 0 Å². The predicted octanol–water partition coefficient (Wildman–Crippen LogP) is 5.34. The summed E-state index contributed by atoms with van der Waals surface area (Å²) in [6.07, 6.45) is 2.33. The number of aliphatic hydroxyl groups is 1. The van der Waals surface area contributed by atoms with Crippen molar-refractivity contribution in [3.05, 3.63) is 120 Å². The second-order valence-corrected chi connectivity index (χ2v) is 7.71. The van der Waals surface area contributed by atoms with Crippen molar-refractivity contribution in [2.24, 2.45) is 4.99 Å². The molecule has 6 nitrogen and oxygen atoms in total. The number of aliphatic hydroxyl groups excluding tert-OH is 1. The molecule has 0 fully saturated rings. The van der Waals surface area contributed by atoms with Crippen molar-refractivity contribution in [3.8, 4) is 0 Å². The van der Waals surface area contributed by atoms with Crippen LogP contribution in [0.1, 0.15) is 34.4 Å². The largest absolute Gasteiger partial charge is 0.379 e. The molecule has 5 rings (SSSR count). The normalized spacial score (nSPS) is 11.9. The quantitative estimate of drug-likeness (QED) is 0.268. The zero-order valence-electron chi connectivity index (χ0n) is 17.6. The zero-order valence-corrected chi connectivity index (χ0v) is 18.3. The molecule has 0 aliphatic carbocycles. The van der Waals surface area contributed by atoms with Crippen molar-refractivity contribution in [1.29, 1.82) is 0 Å². The van der Waals surface area contributed by atoms with E-state index in [4.69, 9.17) is 16.6 Å². The fourth-order valence-corrected chi connectivity index (χ4v) is 3.83. The van der Waals surface area contributed by atoms with Gasteiger partial charge in [-0.15, -0.1) is 11.6 Å². The Hall–Kier alpha value is -3.87. The van der Waals surface area contributed by atoms with Crippen LogP contribution in [-0.4, -0.2) is 30.8 Å². The molecule has 33 heavy (non-hydrogen) atoms. The first-order valence-electron chi connectivity index (χ1n) is 10.5. The van der Waals surface area contributed by atoms with Crippen molar-refractivity contribution >= 4 is 34.0 Å². The van der Waals surface area contributed by atoms with E-state index in [1.54, 1.807) is 18.5 Å². The lowest BCUT2D eigenvalue weighted by Gasteiger charge is -2.11. The molecule has 7 heteroatoms. The molecular weight excluding hydrogens is 434 g/mol. The number of hydrogen-bond acceptors (Lipinski definition) is 5. The van der Waals surface area contributed by atoms with Gasteiger partial charge >= 0.3 is 0 Å². The summed E-state index contributed by atoms with van der Waals surface area (Å²) >= 11 is 6.04. The fraction of sp³-hybridized carbons (Fsp3) is 0.0769. The second kappa shape index (κ2) is 9.32. The zero-order chi connectivity index (χ0) is 22.6. The van der Waals surface area contributed by atoms with Crippen molar-refractivity contribution in [1.82, 2.24) is 19.9 Å². The summed E-state index contributed by atoms with van der Waals surface area (Å²) in [6, 6.07) is 25.4. The summed E-state index contributed by atoms with van der Waals surface area (Å²) in [4.78, 5) is 21.2. The van der Waals surface area contributed by atoms with E-state index in [1.807, 2.05) is 72.8 Å². The molecule has 0 spiro atoms. The number of halogens is 1. The third-order valence-corrected chi connectivity index (χ3v) is 5.52. The minimum absolute atomic E-state index is 0.222. The Morgan fingerprint density at radius 2 is 1.61 bits per heavy atom. The first kappa shape index (κ1) is 21.0. The molecule has 0 saturated heterocycles. The van der Waals surface area contributed by atoms with Crippen LogP contribution >= 0.6 is 11.6 Å². The molecule has 162 valence electrons. The summed E-state index contributed by atoms with van der Waals surface area (Å²) < 4.78 is 0. The molecule has 2 N–H and O–H groups in total. The molecular formula is C26H20ClN5O. The van der Waals surface area contributed by atoms with E-state index in [1.165, 1.54) is 0 Å². The van der Waals surface area contributed by atoms with Crippen LogP contribution in [0.5, 0.6) is 0 Å². The Morgan fingerprint density at radius 3 is 2.21 bits per heavy atom. The number of aromatic nitrogens is 4. The van der Waals surface area contributed by atoms with Crippen LogP contribution in [-0.2, 0) is 5.88 Å². The standard InChI is InChI=1S/C26H20ClN5O/c27-15-22-20-13-14-28-25(20)32-26(31-22)24(33)21-12-11-19(16-29-21)30-23(17-7-3-1-4-8-17)18-9-5-2-6-10-18/h1-14,16,24,33H,15H2,(H,28,31,32). The van der Waals surface area contributed by atoms with Crippen LogP contribution in [0.4, 0.5) is 5.69 Å². The van der Waals surface area contributed by atoms with Crippen LogP contribution in [0.2, 0.25) is 0 Å². The predicted molar refractivity (Wildman–Crippen MR) is 130 cm³/mol. The monoisotopic (exact) mass is 453 g/mol. The molecule has 1 atom stereocenters. The van der Waals surface area contributed by atoms with E-state index in [0.717, 1.165) is 22.2 Å². The molecule has 0 amide bonds. The third-order valence-electron chi connectivity index (χ3n) is 5.27. The van der Waals surface area contributed by atoms with Crippen LogP contribution in [0, 0.1) is 0 Å². The van der Waals surface area contributed by atoms with E-state index in [9.17, 15) is 5.11 Å². The average Bonchev–Trinajstić information content (AvgIpc) is 3.36. The van der Waals surface area contributed by atoms with Gasteiger partial charge in [-0.25, -0.2) is 15.0 Å². The van der Waals surface area contributed by atoms with Gasteiger partial charge < -0.3 is 10.1 Å². The number of nitrogens with one attached hydrogen (secondary N) is 1. The van der Waals surface area contributed by atoms with Crippen molar-refractivity contribution in [2.75, 3.05) is 0 Å².